The number of nitrogens with two attached hydrogens (primary N) is 1. The lowest BCUT2D eigenvalue weighted by molar-refractivity contribution is -0.135. The van der Waals surface area contributed by atoms with Gasteiger partial charge < -0.3 is 10.6 Å². The molecule has 96 valence electrons. The predicted molar refractivity (Wildman–Crippen MR) is 68.9 cm³/mol. The van der Waals surface area contributed by atoms with Gasteiger partial charge in [0.05, 0.1) is 6.54 Å². The minimum absolute atomic E-state index is 0.173. The second-order valence-electron chi connectivity index (χ2n) is 4.90. The first kappa shape index (κ1) is 12.6. The second kappa shape index (κ2) is 4.42. The summed E-state index contributed by atoms with van der Waals surface area (Å²) >= 11 is 0. The number of nitrogens with zero attached hydrogens (tertiary/aromatic N) is 1. The highest BCUT2D eigenvalue weighted by Gasteiger charge is 2.40. The molecule has 5 nitrogen and oxygen atoms in total. The normalized spacial score (nSPS) is 18.7. The second-order valence-corrected chi connectivity index (χ2v) is 4.90. The molecule has 0 aliphatic carbocycles. The zero-order valence-corrected chi connectivity index (χ0v) is 10.6. The van der Waals surface area contributed by atoms with Crippen molar-refractivity contribution in [2.45, 2.75) is 25.9 Å². The molecule has 0 bridgehead atoms. The van der Waals surface area contributed by atoms with E-state index in [2.05, 4.69) is 5.32 Å². The summed E-state index contributed by atoms with van der Waals surface area (Å²) < 4.78 is 0. The zero-order chi connectivity index (χ0) is 13.3. The number of carbonyl (C=O) groups excluding carboxylic acids is 2. The monoisotopic (exact) mass is 247 g/mol. The lowest BCUT2D eigenvalue weighted by Gasteiger charge is -2.41. The van der Waals surface area contributed by atoms with Crippen LogP contribution >= 0.6 is 0 Å². The van der Waals surface area contributed by atoms with E-state index in [1.54, 1.807) is 18.7 Å². The van der Waals surface area contributed by atoms with Crippen LogP contribution < -0.4 is 16.0 Å². The van der Waals surface area contributed by atoms with Gasteiger partial charge in [0.15, 0.2) is 0 Å². The standard InChI is InChI=1S/C13H17N3O2/c1-13(2)12(18)15-11(17)8-16(13)10-5-3-4-9(6-10)7-14/h3-6H,7-8,14H2,1-2H3,(H,15,17,18). The minimum Gasteiger partial charge on any atom is -0.348 e. The van der Waals surface area contributed by atoms with Crippen LogP contribution in [0.5, 0.6) is 0 Å². The fraction of sp³-hybridized carbons (Fsp3) is 0.385. The van der Waals surface area contributed by atoms with E-state index in [4.69, 9.17) is 5.73 Å². The first-order valence-electron chi connectivity index (χ1n) is 5.86. The number of hydrogen-bond acceptors (Lipinski definition) is 4. The Labute approximate surface area is 106 Å². The summed E-state index contributed by atoms with van der Waals surface area (Å²) in [6.07, 6.45) is 0. The third kappa shape index (κ3) is 2.09. The van der Waals surface area contributed by atoms with E-state index in [0.29, 0.717) is 6.54 Å². The zero-order valence-electron chi connectivity index (χ0n) is 10.6. The highest BCUT2D eigenvalue weighted by Crippen LogP contribution is 2.26. The molecule has 18 heavy (non-hydrogen) atoms. The van der Waals surface area contributed by atoms with Gasteiger partial charge in [-0.15, -0.1) is 0 Å². The maximum absolute atomic E-state index is 11.9. The number of imide groups is 1. The summed E-state index contributed by atoms with van der Waals surface area (Å²) in [5.41, 5.74) is 6.67. The van der Waals surface area contributed by atoms with E-state index >= 15 is 0 Å². The van der Waals surface area contributed by atoms with Crippen molar-refractivity contribution in [3.63, 3.8) is 0 Å². The number of anilines is 1. The van der Waals surface area contributed by atoms with E-state index < -0.39 is 5.54 Å². The molecule has 2 rings (SSSR count). The molecule has 5 heteroatoms. The molecule has 0 atom stereocenters. The van der Waals surface area contributed by atoms with Gasteiger partial charge in [0.2, 0.25) is 5.91 Å². The number of amides is 2. The molecule has 1 saturated heterocycles. The molecule has 1 fully saturated rings. The molecule has 1 aliphatic rings. The van der Waals surface area contributed by atoms with Crippen LogP contribution in [0.2, 0.25) is 0 Å². The molecule has 1 heterocycles. The largest absolute Gasteiger partial charge is 0.348 e. The highest BCUT2D eigenvalue weighted by atomic mass is 16.2. The summed E-state index contributed by atoms with van der Waals surface area (Å²) in [7, 11) is 0. The summed E-state index contributed by atoms with van der Waals surface area (Å²) in [6, 6.07) is 7.59. The fourth-order valence-corrected chi connectivity index (χ4v) is 2.05. The van der Waals surface area contributed by atoms with Crippen LogP contribution in [0.4, 0.5) is 5.69 Å². The summed E-state index contributed by atoms with van der Waals surface area (Å²) in [5, 5.41) is 2.35. The van der Waals surface area contributed by atoms with Crippen molar-refractivity contribution in [3.05, 3.63) is 29.8 Å². The maximum Gasteiger partial charge on any atom is 0.251 e. The van der Waals surface area contributed by atoms with Crippen LogP contribution in [-0.4, -0.2) is 23.9 Å². The van der Waals surface area contributed by atoms with Gasteiger partial charge in [0.1, 0.15) is 5.54 Å². The van der Waals surface area contributed by atoms with E-state index in [1.165, 1.54) is 0 Å². The van der Waals surface area contributed by atoms with E-state index in [0.717, 1.165) is 11.3 Å². The topological polar surface area (TPSA) is 75.4 Å². The van der Waals surface area contributed by atoms with Crippen LogP contribution in [0, 0.1) is 0 Å². The molecule has 1 aromatic carbocycles. The first-order valence-corrected chi connectivity index (χ1v) is 5.86. The molecule has 3 N–H and O–H groups in total. The lowest BCUT2D eigenvalue weighted by Crippen LogP contribution is -2.64. The molecule has 1 aromatic rings. The Hall–Kier alpha value is -1.88. The lowest BCUT2D eigenvalue weighted by atomic mass is 9.97. The van der Waals surface area contributed by atoms with Crippen molar-refractivity contribution < 1.29 is 9.59 Å². The van der Waals surface area contributed by atoms with Crippen molar-refractivity contribution in [1.82, 2.24) is 5.32 Å². The van der Waals surface area contributed by atoms with Gasteiger partial charge in [-0.05, 0) is 31.5 Å². The SMILES string of the molecule is CC1(C)C(=O)NC(=O)CN1c1cccc(CN)c1. The molecular formula is C13H17N3O2. The number of hydrogen-bond donors (Lipinski definition) is 2. The smallest absolute Gasteiger partial charge is 0.251 e. The molecule has 0 aromatic heterocycles. The third-order valence-electron chi connectivity index (χ3n) is 3.24. The number of carbonyl (C=O) groups is 2. The van der Waals surface area contributed by atoms with Gasteiger partial charge in [-0.1, -0.05) is 12.1 Å². The number of nitrogens with one attached hydrogen (secondary N) is 1. The quantitative estimate of drug-likeness (QED) is 0.741. The van der Waals surface area contributed by atoms with E-state index in [1.807, 2.05) is 24.3 Å². The Kier molecular flexibility index (Phi) is 3.09. The Morgan fingerprint density at radius 3 is 2.78 bits per heavy atom. The van der Waals surface area contributed by atoms with Crippen molar-refractivity contribution in [3.8, 4) is 0 Å². The van der Waals surface area contributed by atoms with Crippen LogP contribution in [0.1, 0.15) is 19.4 Å². The van der Waals surface area contributed by atoms with E-state index in [-0.39, 0.29) is 18.4 Å². The highest BCUT2D eigenvalue weighted by molar-refractivity contribution is 6.06. The van der Waals surface area contributed by atoms with Crippen LogP contribution in [-0.2, 0) is 16.1 Å². The molecule has 0 saturated carbocycles. The number of benzene rings is 1. The Balaban J connectivity index is 2.40. The summed E-state index contributed by atoms with van der Waals surface area (Å²) in [6.45, 7) is 4.20. The van der Waals surface area contributed by atoms with Gasteiger partial charge in [0, 0.05) is 12.2 Å². The fourth-order valence-electron chi connectivity index (χ4n) is 2.05. The maximum atomic E-state index is 11.9. The van der Waals surface area contributed by atoms with Gasteiger partial charge in [-0.25, -0.2) is 0 Å². The summed E-state index contributed by atoms with van der Waals surface area (Å²) in [4.78, 5) is 25.2. The van der Waals surface area contributed by atoms with Crippen molar-refractivity contribution in [2.75, 3.05) is 11.4 Å². The molecule has 2 amide bonds. The molecule has 0 spiro atoms. The average molecular weight is 247 g/mol. The van der Waals surface area contributed by atoms with Crippen molar-refractivity contribution in [2.24, 2.45) is 5.73 Å². The van der Waals surface area contributed by atoms with Crippen LogP contribution in [0.15, 0.2) is 24.3 Å². The van der Waals surface area contributed by atoms with Crippen LogP contribution in [0.25, 0.3) is 0 Å². The van der Waals surface area contributed by atoms with Crippen molar-refractivity contribution in [1.29, 1.82) is 0 Å². The van der Waals surface area contributed by atoms with Gasteiger partial charge in [0.25, 0.3) is 5.91 Å². The molecular weight excluding hydrogens is 230 g/mol. The number of piperazine rings is 1. The Bertz CT molecular complexity index is 497. The molecule has 0 unspecified atom stereocenters. The number of rotatable bonds is 2. The molecule has 1 aliphatic heterocycles. The Morgan fingerprint density at radius 2 is 2.11 bits per heavy atom. The Morgan fingerprint density at radius 1 is 1.39 bits per heavy atom. The van der Waals surface area contributed by atoms with Gasteiger partial charge >= 0.3 is 0 Å². The first-order chi connectivity index (χ1) is 8.45. The van der Waals surface area contributed by atoms with Gasteiger partial charge in [-0.2, -0.15) is 0 Å². The van der Waals surface area contributed by atoms with Crippen LogP contribution in [0.3, 0.4) is 0 Å². The predicted octanol–water partition coefficient (Wildman–Crippen LogP) is 0.387. The average Bonchev–Trinajstić information content (AvgIpc) is 2.34. The third-order valence-corrected chi connectivity index (χ3v) is 3.24. The van der Waals surface area contributed by atoms with Crippen molar-refractivity contribution >= 4 is 17.5 Å². The van der Waals surface area contributed by atoms with Gasteiger partial charge in [-0.3, -0.25) is 14.9 Å². The molecule has 0 radical (unpaired) electrons. The van der Waals surface area contributed by atoms with E-state index in [9.17, 15) is 9.59 Å². The summed E-state index contributed by atoms with van der Waals surface area (Å²) in [5.74, 6) is -0.561. The minimum atomic E-state index is -0.749.